The summed E-state index contributed by atoms with van der Waals surface area (Å²) in [7, 11) is 0. The number of hydrogen-bond donors (Lipinski definition) is 2. The summed E-state index contributed by atoms with van der Waals surface area (Å²) >= 11 is 0. The van der Waals surface area contributed by atoms with E-state index in [1.165, 1.54) is 6.07 Å². The Balaban J connectivity index is 2.39. The molecule has 0 heterocycles. The van der Waals surface area contributed by atoms with Gasteiger partial charge in [-0.1, -0.05) is 0 Å². The van der Waals surface area contributed by atoms with Gasteiger partial charge in [0, 0.05) is 18.8 Å². The van der Waals surface area contributed by atoms with E-state index in [0.717, 1.165) is 25.1 Å². The molecule has 0 amide bonds. The van der Waals surface area contributed by atoms with Gasteiger partial charge in [0.25, 0.3) is 0 Å². The molecule has 3 heteroatoms. The molecule has 14 heavy (non-hydrogen) atoms. The highest BCUT2D eigenvalue weighted by atomic mass is 19.1. The Bertz CT molecular complexity index is 289. The molecule has 1 aromatic carbocycles. The van der Waals surface area contributed by atoms with Gasteiger partial charge < -0.3 is 10.4 Å². The Morgan fingerprint density at radius 1 is 1.36 bits per heavy atom. The number of aliphatic hydroxyl groups is 1. The van der Waals surface area contributed by atoms with Crippen molar-refractivity contribution < 1.29 is 9.50 Å². The second kappa shape index (κ2) is 5.60. The standard InChI is InChI=1S/C11H16FNO/c1-9-8-10(4-5-11(9)12)13-6-2-3-7-14/h4-5,8,13-14H,2-3,6-7H2,1H3. The Morgan fingerprint density at radius 3 is 2.79 bits per heavy atom. The first-order valence-electron chi connectivity index (χ1n) is 4.85. The number of rotatable bonds is 5. The number of benzene rings is 1. The quantitative estimate of drug-likeness (QED) is 0.710. The Kier molecular flexibility index (Phi) is 4.40. The van der Waals surface area contributed by atoms with E-state index in [2.05, 4.69) is 5.32 Å². The average molecular weight is 197 g/mol. The lowest BCUT2D eigenvalue weighted by Gasteiger charge is -2.06. The lowest BCUT2D eigenvalue weighted by atomic mass is 10.2. The maximum Gasteiger partial charge on any atom is 0.126 e. The van der Waals surface area contributed by atoms with Crippen LogP contribution in [0, 0.1) is 12.7 Å². The SMILES string of the molecule is Cc1cc(NCCCCO)ccc1F. The minimum atomic E-state index is -0.175. The normalized spacial score (nSPS) is 10.2. The van der Waals surface area contributed by atoms with Gasteiger partial charge in [0.1, 0.15) is 5.82 Å². The molecule has 0 atom stereocenters. The molecule has 0 aliphatic heterocycles. The number of aliphatic hydroxyl groups excluding tert-OH is 1. The van der Waals surface area contributed by atoms with Crippen molar-refractivity contribution in [1.82, 2.24) is 0 Å². The Hall–Kier alpha value is -1.09. The van der Waals surface area contributed by atoms with Crippen LogP contribution >= 0.6 is 0 Å². The van der Waals surface area contributed by atoms with Gasteiger partial charge in [-0.2, -0.15) is 0 Å². The van der Waals surface area contributed by atoms with Crippen molar-refractivity contribution in [3.05, 3.63) is 29.6 Å². The van der Waals surface area contributed by atoms with Crippen LogP contribution in [0.4, 0.5) is 10.1 Å². The first-order chi connectivity index (χ1) is 6.74. The molecule has 0 unspecified atom stereocenters. The molecular formula is C11H16FNO. The van der Waals surface area contributed by atoms with Crippen LogP contribution in [0.15, 0.2) is 18.2 Å². The van der Waals surface area contributed by atoms with Crippen LogP contribution in [0.25, 0.3) is 0 Å². The number of anilines is 1. The summed E-state index contributed by atoms with van der Waals surface area (Å²) in [4.78, 5) is 0. The molecule has 0 bridgehead atoms. The molecule has 0 aliphatic carbocycles. The molecule has 0 saturated heterocycles. The fourth-order valence-electron chi connectivity index (χ4n) is 1.22. The summed E-state index contributed by atoms with van der Waals surface area (Å²) in [5.74, 6) is -0.175. The fourth-order valence-corrected chi connectivity index (χ4v) is 1.22. The smallest absolute Gasteiger partial charge is 0.126 e. The van der Waals surface area contributed by atoms with Crippen LogP contribution in [-0.2, 0) is 0 Å². The summed E-state index contributed by atoms with van der Waals surface area (Å²) in [6.07, 6.45) is 1.72. The van der Waals surface area contributed by atoms with Gasteiger partial charge in [0.05, 0.1) is 0 Å². The summed E-state index contributed by atoms with van der Waals surface area (Å²) in [6.45, 7) is 2.78. The summed E-state index contributed by atoms with van der Waals surface area (Å²) in [5, 5.41) is 11.7. The highest BCUT2D eigenvalue weighted by Gasteiger charge is 1.97. The molecule has 0 saturated carbocycles. The van der Waals surface area contributed by atoms with Crippen LogP contribution in [0.1, 0.15) is 18.4 Å². The zero-order valence-electron chi connectivity index (χ0n) is 8.39. The van der Waals surface area contributed by atoms with E-state index in [-0.39, 0.29) is 12.4 Å². The molecule has 78 valence electrons. The van der Waals surface area contributed by atoms with Gasteiger partial charge >= 0.3 is 0 Å². The third-order valence-corrected chi connectivity index (χ3v) is 2.07. The monoisotopic (exact) mass is 197 g/mol. The van der Waals surface area contributed by atoms with Crippen molar-refractivity contribution in [2.75, 3.05) is 18.5 Å². The first kappa shape index (κ1) is 11.0. The minimum absolute atomic E-state index is 0.175. The van der Waals surface area contributed by atoms with E-state index in [1.54, 1.807) is 19.1 Å². The number of aryl methyl sites for hydroxylation is 1. The first-order valence-corrected chi connectivity index (χ1v) is 4.85. The molecule has 0 radical (unpaired) electrons. The van der Waals surface area contributed by atoms with Gasteiger partial charge in [-0.3, -0.25) is 0 Å². The third-order valence-electron chi connectivity index (χ3n) is 2.07. The van der Waals surface area contributed by atoms with Gasteiger partial charge in [-0.05, 0) is 43.5 Å². The van der Waals surface area contributed by atoms with Crippen molar-refractivity contribution >= 4 is 5.69 Å². The van der Waals surface area contributed by atoms with E-state index in [0.29, 0.717) is 5.56 Å². The number of nitrogens with one attached hydrogen (secondary N) is 1. The zero-order valence-corrected chi connectivity index (χ0v) is 8.39. The molecule has 2 nitrogen and oxygen atoms in total. The molecule has 1 aromatic rings. The van der Waals surface area contributed by atoms with Gasteiger partial charge in [-0.25, -0.2) is 4.39 Å². The predicted molar refractivity (Wildman–Crippen MR) is 55.9 cm³/mol. The lowest BCUT2D eigenvalue weighted by Crippen LogP contribution is -2.02. The second-order valence-corrected chi connectivity index (χ2v) is 3.32. The topological polar surface area (TPSA) is 32.3 Å². The zero-order chi connectivity index (χ0) is 10.4. The Morgan fingerprint density at radius 2 is 2.14 bits per heavy atom. The summed E-state index contributed by atoms with van der Waals surface area (Å²) in [6, 6.07) is 4.97. The summed E-state index contributed by atoms with van der Waals surface area (Å²) in [5.41, 5.74) is 1.58. The lowest BCUT2D eigenvalue weighted by molar-refractivity contribution is 0.286. The van der Waals surface area contributed by atoms with Crippen molar-refractivity contribution in [3.63, 3.8) is 0 Å². The minimum Gasteiger partial charge on any atom is -0.396 e. The number of halogens is 1. The van der Waals surface area contributed by atoms with E-state index >= 15 is 0 Å². The highest BCUT2D eigenvalue weighted by Crippen LogP contribution is 2.13. The largest absolute Gasteiger partial charge is 0.396 e. The fraction of sp³-hybridized carbons (Fsp3) is 0.455. The maximum absolute atomic E-state index is 12.9. The molecule has 0 aliphatic rings. The highest BCUT2D eigenvalue weighted by molar-refractivity contribution is 5.45. The molecule has 2 N–H and O–H groups in total. The number of unbranched alkanes of at least 4 members (excludes halogenated alkanes) is 1. The van der Waals surface area contributed by atoms with Crippen LogP contribution in [0.5, 0.6) is 0 Å². The van der Waals surface area contributed by atoms with Crippen molar-refractivity contribution in [2.45, 2.75) is 19.8 Å². The third kappa shape index (κ3) is 3.34. The Labute approximate surface area is 83.8 Å². The van der Waals surface area contributed by atoms with Gasteiger partial charge in [0.2, 0.25) is 0 Å². The van der Waals surface area contributed by atoms with Gasteiger partial charge in [0.15, 0.2) is 0 Å². The van der Waals surface area contributed by atoms with Gasteiger partial charge in [-0.15, -0.1) is 0 Å². The van der Waals surface area contributed by atoms with Crippen LogP contribution < -0.4 is 5.32 Å². The second-order valence-electron chi connectivity index (χ2n) is 3.32. The molecule has 0 fully saturated rings. The molecule has 0 aromatic heterocycles. The van der Waals surface area contributed by atoms with Crippen LogP contribution in [0.3, 0.4) is 0 Å². The van der Waals surface area contributed by atoms with E-state index < -0.39 is 0 Å². The van der Waals surface area contributed by atoms with E-state index in [9.17, 15) is 4.39 Å². The maximum atomic E-state index is 12.9. The molecular weight excluding hydrogens is 181 g/mol. The van der Waals surface area contributed by atoms with E-state index in [1.807, 2.05) is 0 Å². The van der Waals surface area contributed by atoms with Crippen LogP contribution in [0.2, 0.25) is 0 Å². The van der Waals surface area contributed by atoms with Crippen molar-refractivity contribution in [1.29, 1.82) is 0 Å². The van der Waals surface area contributed by atoms with Crippen molar-refractivity contribution in [3.8, 4) is 0 Å². The molecule has 0 spiro atoms. The number of hydrogen-bond acceptors (Lipinski definition) is 2. The van der Waals surface area contributed by atoms with Crippen molar-refractivity contribution in [2.24, 2.45) is 0 Å². The predicted octanol–water partition coefficient (Wildman–Crippen LogP) is 2.32. The van der Waals surface area contributed by atoms with Crippen LogP contribution in [-0.4, -0.2) is 18.3 Å². The average Bonchev–Trinajstić information content (AvgIpc) is 2.18. The van der Waals surface area contributed by atoms with E-state index in [4.69, 9.17) is 5.11 Å². The molecule has 1 rings (SSSR count). The summed E-state index contributed by atoms with van der Waals surface area (Å²) < 4.78 is 12.9.